The highest BCUT2D eigenvalue weighted by Gasteiger charge is 1.94. The molecular formula is C12H15N3S. The monoisotopic (exact) mass is 233 g/mol. The van der Waals surface area contributed by atoms with Gasteiger partial charge in [0.15, 0.2) is 0 Å². The van der Waals surface area contributed by atoms with E-state index in [1.807, 2.05) is 42.6 Å². The summed E-state index contributed by atoms with van der Waals surface area (Å²) < 4.78 is 2.10. The predicted octanol–water partition coefficient (Wildman–Crippen LogP) is 2.65. The molecule has 0 aliphatic rings. The van der Waals surface area contributed by atoms with Gasteiger partial charge in [-0.05, 0) is 36.4 Å². The minimum absolute atomic E-state index is 0.822. The lowest BCUT2D eigenvalue weighted by Gasteiger charge is -2.03. The topological polar surface area (TPSA) is 43.8 Å². The number of hydrogen-bond acceptors (Lipinski definition) is 3. The lowest BCUT2D eigenvalue weighted by molar-refractivity contribution is 0.683. The molecule has 3 nitrogen and oxygen atoms in total. The molecule has 1 aromatic carbocycles. The number of aryl methyl sites for hydroxylation is 1. The first-order valence-corrected chi connectivity index (χ1v) is 6.27. The zero-order valence-electron chi connectivity index (χ0n) is 9.04. The molecule has 2 N–H and O–H groups in total. The Hall–Kier alpha value is -1.42. The van der Waals surface area contributed by atoms with Gasteiger partial charge in [-0.3, -0.25) is 0 Å². The van der Waals surface area contributed by atoms with E-state index in [2.05, 4.69) is 21.7 Å². The fraction of sp³-hybridized carbons (Fsp3) is 0.250. The highest BCUT2D eigenvalue weighted by Crippen LogP contribution is 2.19. The maximum Gasteiger partial charge on any atom is 0.0945 e. The second-order valence-corrected chi connectivity index (χ2v) is 4.74. The summed E-state index contributed by atoms with van der Waals surface area (Å²) in [5.41, 5.74) is 6.45. The summed E-state index contributed by atoms with van der Waals surface area (Å²) in [4.78, 5) is 5.29. The van der Waals surface area contributed by atoms with E-state index in [1.54, 1.807) is 0 Å². The SMILES string of the molecule is Nc1ccc(SCCCn2ccnc2)cc1. The van der Waals surface area contributed by atoms with Gasteiger partial charge in [0.1, 0.15) is 0 Å². The van der Waals surface area contributed by atoms with Gasteiger partial charge in [0.05, 0.1) is 6.33 Å². The van der Waals surface area contributed by atoms with E-state index in [-0.39, 0.29) is 0 Å². The smallest absolute Gasteiger partial charge is 0.0945 e. The lowest BCUT2D eigenvalue weighted by atomic mass is 10.3. The van der Waals surface area contributed by atoms with Crippen LogP contribution >= 0.6 is 11.8 Å². The molecule has 0 radical (unpaired) electrons. The number of benzene rings is 1. The Morgan fingerprint density at radius 3 is 2.75 bits per heavy atom. The number of thioether (sulfide) groups is 1. The van der Waals surface area contributed by atoms with Crippen molar-refractivity contribution in [3.8, 4) is 0 Å². The average Bonchev–Trinajstić information content (AvgIpc) is 2.80. The van der Waals surface area contributed by atoms with Crippen molar-refractivity contribution in [3.63, 3.8) is 0 Å². The number of nitrogen functional groups attached to an aromatic ring is 1. The summed E-state index contributed by atoms with van der Waals surface area (Å²) >= 11 is 1.86. The van der Waals surface area contributed by atoms with Crippen LogP contribution < -0.4 is 5.73 Å². The van der Waals surface area contributed by atoms with Gasteiger partial charge in [0, 0.05) is 29.5 Å². The van der Waals surface area contributed by atoms with Crippen molar-refractivity contribution in [1.82, 2.24) is 9.55 Å². The molecule has 84 valence electrons. The Morgan fingerprint density at radius 2 is 2.06 bits per heavy atom. The number of aromatic nitrogens is 2. The Balaban J connectivity index is 1.70. The highest BCUT2D eigenvalue weighted by atomic mass is 32.2. The molecule has 0 spiro atoms. The van der Waals surface area contributed by atoms with Crippen LogP contribution in [-0.4, -0.2) is 15.3 Å². The van der Waals surface area contributed by atoms with Gasteiger partial charge in [-0.1, -0.05) is 0 Å². The highest BCUT2D eigenvalue weighted by molar-refractivity contribution is 7.99. The molecule has 0 fully saturated rings. The van der Waals surface area contributed by atoms with E-state index in [0.717, 1.165) is 24.4 Å². The maximum atomic E-state index is 5.63. The van der Waals surface area contributed by atoms with Crippen molar-refractivity contribution in [2.45, 2.75) is 17.9 Å². The predicted molar refractivity (Wildman–Crippen MR) is 68.4 cm³/mol. The zero-order valence-corrected chi connectivity index (χ0v) is 9.86. The van der Waals surface area contributed by atoms with E-state index in [4.69, 9.17) is 5.73 Å². The van der Waals surface area contributed by atoms with Crippen LogP contribution in [0.1, 0.15) is 6.42 Å². The van der Waals surface area contributed by atoms with Gasteiger partial charge in [0.25, 0.3) is 0 Å². The van der Waals surface area contributed by atoms with Crippen molar-refractivity contribution < 1.29 is 0 Å². The molecule has 0 saturated carbocycles. The summed E-state index contributed by atoms with van der Waals surface area (Å²) in [5.74, 6) is 1.11. The Kier molecular flexibility index (Phi) is 3.88. The normalized spacial score (nSPS) is 10.5. The van der Waals surface area contributed by atoms with Crippen molar-refractivity contribution in [2.24, 2.45) is 0 Å². The van der Waals surface area contributed by atoms with Crippen LogP contribution in [0.5, 0.6) is 0 Å². The van der Waals surface area contributed by atoms with Gasteiger partial charge in [-0.15, -0.1) is 11.8 Å². The van der Waals surface area contributed by atoms with Crippen LogP contribution in [0.4, 0.5) is 5.69 Å². The summed E-state index contributed by atoms with van der Waals surface area (Å²) in [5, 5.41) is 0. The molecule has 16 heavy (non-hydrogen) atoms. The van der Waals surface area contributed by atoms with Crippen molar-refractivity contribution in [1.29, 1.82) is 0 Å². The molecule has 2 aromatic rings. The second-order valence-electron chi connectivity index (χ2n) is 3.57. The third kappa shape index (κ3) is 3.31. The summed E-state index contributed by atoms with van der Waals surface area (Å²) in [6, 6.07) is 8.02. The number of imidazole rings is 1. The summed E-state index contributed by atoms with van der Waals surface area (Å²) in [6.07, 6.45) is 6.81. The van der Waals surface area contributed by atoms with Crippen LogP contribution in [0.15, 0.2) is 47.9 Å². The van der Waals surface area contributed by atoms with Crippen LogP contribution in [0.3, 0.4) is 0 Å². The third-order valence-electron chi connectivity index (χ3n) is 2.27. The van der Waals surface area contributed by atoms with E-state index in [1.165, 1.54) is 4.90 Å². The molecule has 0 aliphatic carbocycles. The van der Waals surface area contributed by atoms with Crippen LogP contribution in [0.25, 0.3) is 0 Å². The van der Waals surface area contributed by atoms with Gasteiger partial charge in [-0.25, -0.2) is 4.98 Å². The first-order valence-electron chi connectivity index (χ1n) is 5.29. The van der Waals surface area contributed by atoms with E-state index >= 15 is 0 Å². The molecular weight excluding hydrogens is 218 g/mol. The van der Waals surface area contributed by atoms with Crippen LogP contribution in [0.2, 0.25) is 0 Å². The number of anilines is 1. The van der Waals surface area contributed by atoms with Gasteiger partial charge in [-0.2, -0.15) is 0 Å². The summed E-state index contributed by atoms with van der Waals surface area (Å²) in [7, 11) is 0. The molecule has 1 aromatic heterocycles. The first-order chi connectivity index (χ1) is 7.84. The van der Waals surface area contributed by atoms with Gasteiger partial charge < -0.3 is 10.3 Å². The first kappa shape index (κ1) is 11.1. The third-order valence-corrected chi connectivity index (χ3v) is 3.37. The van der Waals surface area contributed by atoms with Gasteiger partial charge >= 0.3 is 0 Å². The van der Waals surface area contributed by atoms with Crippen molar-refractivity contribution in [2.75, 3.05) is 11.5 Å². The van der Waals surface area contributed by atoms with E-state index in [9.17, 15) is 0 Å². The molecule has 0 atom stereocenters. The molecule has 0 unspecified atom stereocenters. The minimum Gasteiger partial charge on any atom is -0.399 e. The molecule has 0 saturated heterocycles. The number of hydrogen-bond donors (Lipinski definition) is 1. The van der Waals surface area contributed by atoms with Gasteiger partial charge in [0.2, 0.25) is 0 Å². The fourth-order valence-electron chi connectivity index (χ4n) is 1.42. The number of rotatable bonds is 5. The van der Waals surface area contributed by atoms with E-state index in [0.29, 0.717) is 0 Å². The van der Waals surface area contributed by atoms with Crippen LogP contribution in [-0.2, 0) is 6.54 Å². The second kappa shape index (κ2) is 5.61. The molecule has 0 aliphatic heterocycles. The van der Waals surface area contributed by atoms with E-state index < -0.39 is 0 Å². The number of nitrogens with zero attached hydrogens (tertiary/aromatic N) is 2. The standard InChI is InChI=1S/C12H15N3S/c13-11-2-4-12(5-3-11)16-9-1-7-15-8-6-14-10-15/h2-6,8,10H,1,7,9,13H2. The Bertz CT molecular complexity index is 408. The number of nitrogens with two attached hydrogens (primary N) is 1. The quantitative estimate of drug-likeness (QED) is 0.490. The summed E-state index contributed by atoms with van der Waals surface area (Å²) in [6.45, 7) is 1.03. The maximum absolute atomic E-state index is 5.63. The Morgan fingerprint density at radius 1 is 1.25 bits per heavy atom. The molecule has 0 amide bonds. The zero-order chi connectivity index (χ0) is 11.2. The fourth-order valence-corrected chi connectivity index (χ4v) is 2.26. The minimum atomic E-state index is 0.822. The van der Waals surface area contributed by atoms with Crippen molar-refractivity contribution >= 4 is 17.4 Å². The molecule has 1 heterocycles. The Labute approximate surface area is 99.7 Å². The lowest BCUT2D eigenvalue weighted by Crippen LogP contribution is -1.95. The molecule has 0 bridgehead atoms. The molecule has 4 heteroatoms. The average molecular weight is 233 g/mol. The largest absolute Gasteiger partial charge is 0.399 e. The molecule has 2 rings (SSSR count). The van der Waals surface area contributed by atoms with Crippen LogP contribution in [0, 0.1) is 0 Å². The van der Waals surface area contributed by atoms with Crippen molar-refractivity contribution in [3.05, 3.63) is 43.0 Å².